The van der Waals surface area contributed by atoms with E-state index in [1.165, 1.54) is 12.8 Å². The Kier molecular flexibility index (Phi) is 4.75. The first-order chi connectivity index (χ1) is 9.09. The fourth-order valence-electron chi connectivity index (χ4n) is 2.41. The topological polar surface area (TPSA) is 47.0 Å². The van der Waals surface area contributed by atoms with Crippen molar-refractivity contribution in [1.29, 1.82) is 0 Å². The van der Waals surface area contributed by atoms with E-state index in [1.54, 1.807) is 12.4 Å². The van der Waals surface area contributed by atoms with E-state index in [9.17, 15) is 0 Å². The summed E-state index contributed by atoms with van der Waals surface area (Å²) in [4.78, 5) is 8.70. The van der Waals surface area contributed by atoms with Crippen LogP contribution in [-0.4, -0.2) is 22.6 Å². The Morgan fingerprint density at radius 1 is 1.26 bits per heavy atom. The number of hydrogen-bond donors (Lipinski definition) is 1. The van der Waals surface area contributed by atoms with Gasteiger partial charge in [-0.3, -0.25) is 4.98 Å². The van der Waals surface area contributed by atoms with Crippen molar-refractivity contribution in [2.24, 2.45) is 5.41 Å². The Morgan fingerprint density at radius 2 is 2.00 bits per heavy atom. The smallest absolute Gasteiger partial charge is 0.232 e. The summed E-state index contributed by atoms with van der Waals surface area (Å²) in [5.41, 5.74) is 1.43. The van der Waals surface area contributed by atoms with Crippen molar-refractivity contribution in [2.75, 3.05) is 6.54 Å². The molecule has 106 valence electrons. The molecule has 0 unspecified atom stereocenters. The molecule has 1 aliphatic carbocycles. The largest absolute Gasteiger partial charge is 0.473 e. The van der Waals surface area contributed by atoms with Gasteiger partial charge in [0.25, 0.3) is 0 Å². The molecule has 1 saturated carbocycles. The molecule has 0 atom stereocenters. The average molecular weight is 263 g/mol. The monoisotopic (exact) mass is 263 g/mol. The van der Waals surface area contributed by atoms with Gasteiger partial charge >= 0.3 is 0 Å². The second-order valence-electron chi connectivity index (χ2n) is 6.11. The molecule has 0 saturated heterocycles. The molecule has 0 bridgehead atoms. The van der Waals surface area contributed by atoms with E-state index in [-0.39, 0.29) is 0 Å². The Balaban J connectivity index is 1.83. The number of hydrogen-bond acceptors (Lipinski definition) is 4. The summed E-state index contributed by atoms with van der Waals surface area (Å²) in [6, 6.07) is 0. The van der Waals surface area contributed by atoms with E-state index in [1.807, 2.05) is 0 Å². The van der Waals surface area contributed by atoms with Crippen molar-refractivity contribution in [2.45, 2.75) is 59.1 Å². The van der Waals surface area contributed by atoms with Crippen LogP contribution in [0.25, 0.3) is 0 Å². The van der Waals surface area contributed by atoms with Crippen LogP contribution in [0.15, 0.2) is 12.4 Å². The molecule has 4 heteroatoms. The first-order valence-electron chi connectivity index (χ1n) is 7.27. The molecule has 0 aromatic carbocycles. The highest BCUT2D eigenvalue weighted by Gasteiger charge is 2.27. The molecule has 19 heavy (non-hydrogen) atoms. The van der Waals surface area contributed by atoms with Gasteiger partial charge in [-0.15, -0.1) is 0 Å². The second-order valence-corrected chi connectivity index (χ2v) is 6.11. The summed E-state index contributed by atoms with van der Waals surface area (Å²) >= 11 is 0. The summed E-state index contributed by atoms with van der Waals surface area (Å²) in [5.74, 6) is 0.657. The Hall–Kier alpha value is -1.16. The van der Waals surface area contributed by atoms with Gasteiger partial charge in [0.15, 0.2) is 0 Å². The van der Waals surface area contributed by atoms with Crippen LogP contribution in [0, 0.1) is 5.41 Å². The lowest BCUT2D eigenvalue weighted by Crippen LogP contribution is -2.28. The molecule has 0 spiro atoms. The third kappa shape index (κ3) is 4.46. The first-order valence-corrected chi connectivity index (χ1v) is 7.27. The lowest BCUT2D eigenvalue weighted by Gasteiger charge is -2.33. The highest BCUT2D eigenvalue weighted by molar-refractivity contribution is 5.07. The molecule has 1 heterocycles. The minimum absolute atomic E-state index is 0.307. The predicted molar refractivity (Wildman–Crippen MR) is 76.1 cm³/mol. The van der Waals surface area contributed by atoms with E-state index in [0.717, 1.165) is 31.6 Å². The van der Waals surface area contributed by atoms with Crippen molar-refractivity contribution >= 4 is 0 Å². The lowest BCUT2D eigenvalue weighted by atomic mass is 9.76. The minimum atomic E-state index is 0.307. The third-order valence-electron chi connectivity index (χ3n) is 3.81. The maximum absolute atomic E-state index is 5.91. The number of nitrogens with zero attached hydrogens (tertiary/aromatic N) is 2. The summed E-state index contributed by atoms with van der Waals surface area (Å²) < 4.78 is 5.91. The van der Waals surface area contributed by atoms with Gasteiger partial charge in [0, 0.05) is 6.54 Å². The molecule has 0 amide bonds. The van der Waals surface area contributed by atoms with E-state index in [0.29, 0.717) is 17.4 Å². The molecule has 0 radical (unpaired) electrons. The number of aromatic nitrogens is 2. The molecular formula is C15H25N3O. The maximum atomic E-state index is 5.91. The minimum Gasteiger partial charge on any atom is -0.473 e. The van der Waals surface area contributed by atoms with Gasteiger partial charge in [-0.1, -0.05) is 20.8 Å². The standard InChI is InChI=1S/C15H25N3O/c1-4-16-9-12-10-18-14(11-17-12)19-13-5-7-15(2,3)8-6-13/h10-11,13,16H,4-9H2,1-3H3. The molecule has 1 aromatic rings. The van der Waals surface area contributed by atoms with Crippen LogP contribution in [0.1, 0.15) is 52.1 Å². The summed E-state index contributed by atoms with van der Waals surface area (Å²) in [7, 11) is 0. The van der Waals surface area contributed by atoms with E-state index >= 15 is 0 Å². The average Bonchev–Trinajstić information content (AvgIpc) is 2.40. The van der Waals surface area contributed by atoms with Gasteiger partial charge in [-0.2, -0.15) is 0 Å². The third-order valence-corrected chi connectivity index (χ3v) is 3.81. The SMILES string of the molecule is CCNCc1cnc(OC2CCC(C)(C)CC2)cn1. The quantitative estimate of drug-likeness (QED) is 0.887. The Morgan fingerprint density at radius 3 is 2.58 bits per heavy atom. The summed E-state index contributed by atoms with van der Waals surface area (Å²) in [5, 5.41) is 3.23. The van der Waals surface area contributed by atoms with Gasteiger partial charge in [0.05, 0.1) is 18.1 Å². The maximum Gasteiger partial charge on any atom is 0.232 e. The van der Waals surface area contributed by atoms with Crippen LogP contribution in [0.5, 0.6) is 5.88 Å². The van der Waals surface area contributed by atoms with Crippen molar-refractivity contribution < 1.29 is 4.74 Å². The number of ether oxygens (including phenoxy) is 1. The van der Waals surface area contributed by atoms with Crippen LogP contribution >= 0.6 is 0 Å². The zero-order valence-corrected chi connectivity index (χ0v) is 12.3. The summed E-state index contributed by atoms with van der Waals surface area (Å²) in [6.07, 6.45) is 8.54. The highest BCUT2D eigenvalue weighted by atomic mass is 16.5. The second kappa shape index (κ2) is 6.33. The van der Waals surface area contributed by atoms with E-state index in [4.69, 9.17) is 4.74 Å². The van der Waals surface area contributed by atoms with Gasteiger partial charge < -0.3 is 10.1 Å². The van der Waals surface area contributed by atoms with Crippen LogP contribution in [0.3, 0.4) is 0 Å². The van der Waals surface area contributed by atoms with Gasteiger partial charge in [0.2, 0.25) is 5.88 Å². The molecular weight excluding hydrogens is 238 g/mol. The molecule has 1 aromatic heterocycles. The van der Waals surface area contributed by atoms with E-state index < -0.39 is 0 Å². The molecule has 4 nitrogen and oxygen atoms in total. The molecule has 2 rings (SSSR count). The molecule has 1 fully saturated rings. The normalized spacial score (nSPS) is 19.3. The van der Waals surface area contributed by atoms with Crippen molar-refractivity contribution in [3.63, 3.8) is 0 Å². The molecule has 1 aliphatic rings. The van der Waals surface area contributed by atoms with E-state index in [2.05, 4.69) is 36.1 Å². The Labute approximate surface area is 116 Å². The highest BCUT2D eigenvalue weighted by Crippen LogP contribution is 2.36. The van der Waals surface area contributed by atoms with Crippen molar-refractivity contribution in [3.05, 3.63) is 18.1 Å². The lowest BCUT2D eigenvalue weighted by molar-refractivity contribution is 0.0945. The Bertz CT molecular complexity index is 379. The predicted octanol–water partition coefficient (Wildman–Crippen LogP) is 2.93. The van der Waals surface area contributed by atoms with Gasteiger partial charge in [-0.25, -0.2) is 4.98 Å². The molecule has 1 N–H and O–H groups in total. The fraction of sp³-hybridized carbons (Fsp3) is 0.733. The van der Waals surface area contributed by atoms with Crippen LogP contribution in [0.2, 0.25) is 0 Å². The van der Waals surface area contributed by atoms with Crippen LogP contribution < -0.4 is 10.1 Å². The zero-order valence-electron chi connectivity index (χ0n) is 12.3. The fourth-order valence-corrected chi connectivity index (χ4v) is 2.41. The van der Waals surface area contributed by atoms with Crippen molar-refractivity contribution in [3.8, 4) is 5.88 Å². The van der Waals surface area contributed by atoms with Gasteiger partial charge in [-0.05, 0) is 37.6 Å². The summed E-state index contributed by atoms with van der Waals surface area (Å²) in [6.45, 7) is 8.45. The van der Waals surface area contributed by atoms with Crippen LogP contribution in [0.4, 0.5) is 0 Å². The first kappa shape index (κ1) is 14.3. The van der Waals surface area contributed by atoms with Crippen LogP contribution in [-0.2, 0) is 6.54 Å². The molecule has 0 aliphatic heterocycles. The van der Waals surface area contributed by atoms with Gasteiger partial charge in [0.1, 0.15) is 6.10 Å². The zero-order chi connectivity index (χ0) is 13.7. The number of rotatable bonds is 5. The van der Waals surface area contributed by atoms with Crippen molar-refractivity contribution in [1.82, 2.24) is 15.3 Å². The number of nitrogens with one attached hydrogen (secondary N) is 1.